The number of aliphatic hydroxyl groups is 6. The van der Waals surface area contributed by atoms with Crippen LogP contribution >= 0.6 is 0 Å². The first-order valence-corrected chi connectivity index (χ1v) is 9.70. The summed E-state index contributed by atoms with van der Waals surface area (Å²) in [4.78, 5) is 0. The van der Waals surface area contributed by atoms with E-state index < -0.39 is 74.3 Å². The predicted molar refractivity (Wildman–Crippen MR) is 95.5 cm³/mol. The summed E-state index contributed by atoms with van der Waals surface area (Å²) in [5.41, 5.74) is 0.748. The minimum absolute atomic E-state index is 0.0442. The fourth-order valence-corrected chi connectivity index (χ4v) is 3.78. The van der Waals surface area contributed by atoms with Crippen LogP contribution in [-0.4, -0.2) is 105 Å². The van der Waals surface area contributed by atoms with Crippen LogP contribution in [-0.2, 0) is 23.7 Å². The largest absolute Gasteiger partial charge is 0.394 e. The lowest BCUT2D eigenvalue weighted by atomic mass is 9.97. The van der Waals surface area contributed by atoms with Gasteiger partial charge in [0.25, 0.3) is 0 Å². The highest BCUT2D eigenvalue weighted by atomic mass is 16.8. The summed E-state index contributed by atoms with van der Waals surface area (Å²) in [6, 6.07) is 9.10. The molecule has 3 aliphatic heterocycles. The summed E-state index contributed by atoms with van der Waals surface area (Å²) in [5.74, 6) is 0. The SMILES string of the molecule is OC[C@H]1O[C@@H](O[C@@H]2O[C@@H]3COC(c4ccccc4)O[C@@H]3[C@H](O)[C@H]2O)[C@H](O)[C@@H](O)[C@@H]1O. The quantitative estimate of drug-likeness (QED) is 0.295. The second-order valence-corrected chi connectivity index (χ2v) is 7.53. The Morgan fingerprint density at radius 3 is 2.17 bits per heavy atom. The zero-order chi connectivity index (χ0) is 21.4. The Morgan fingerprint density at radius 2 is 1.47 bits per heavy atom. The molecular weight excluding hydrogens is 404 g/mol. The maximum atomic E-state index is 10.6. The first-order chi connectivity index (χ1) is 14.4. The van der Waals surface area contributed by atoms with Gasteiger partial charge in [-0.05, 0) is 0 Å². The molecule has 168 valence electrons. The molecule has 3 fully saturated rings. The smallest absolute Gasteiger partial charge is 0.189 e. The van der Waals surface area contributed by atoms with E-state index in [1.165, 1.54) is 0 Å². The lowest BCUT2D eigenvalue weighted by Gasteiger charge is -2.48. The number of ether oxygens (including phenoxy) is 5. The molecule has 3 aliphatic rings. The number of rotatable bonds is 4. The number of benzene rings is 1. The third-order valence-electron chi connectivity index (χ3n) is 5.52. The van der Waals surface area contributed by atoms with Crippen LogP contribution in [0.3, 0.4) is 0 Å². The van der Waals surface area contributed by atoms with E-state index in [9.17, 15) is 30.6 Å². The summed E-state index contributed by atoms with van der Waals surface area (Å²) in [5, 5.41) is 60.1. The number of fused-ring (bicyclic) bond motifs is 1. The van der Waals surface area contributed by atoms with Gasteiger partial charge in [-0.25, -0.2) is 0 Å². The molecule has 1 aromatic rings. The molecule has 3 heterocycles. The molecule has 11 atom stereocenters. The van der Waals surface area contributed by atoms with Gasteiger partial charge in [0, 0.05) is 5.56 Å². The van der Waals surface area contributed by atoms with Crippen LogP contribution in [0.1, 0.15) is 11.9 Å². The van der Waals surface area contributed by atoms with Crippen LogP contribution < -0.4 is 0 Å². The van der Waals surface area contributed by atoms with Crippen LogP contribution in [0, 0.1) is 0 Å². The van der Waals surface area contributed by atoms with Crippen molar-refractivity contribution in [3.8, 4) is 0 Å². The van der Waals surface area contributed by atoms with Crippen molar-refractivity contribution in [1.82, 2.24) is 0 Å². The van der Waals surface area contributed by atoms with Crippen LogP contribution in [0.5, 0.6) is 0 Å². The van der Waals surface area contributed by atoms with Gasteiger partial charge in [-0.15, -0.1) is 0 Å². The van der Waals surface area contributed by atoms with Gasteiger partial charge >= 0.3 is 0 Å². The molecule has 0 radical (unpaired) electrons. The molecule has 3 saturated heterocycles. The first kappa shape index (κ1) is 22.0. The molecule has 30 heavy (non-hydrogen) atoms. The van der Waals surface area contributed by atoms with Crippen molar-refractivity contribution in [2.45, 2.75) is 67.7 Å². The maximum absolute atomic E-state index is 10.6. The van der Waals surface area contributed by atoms with Crippen LogP contribution in [0.25, 0.3) is 0 Å². The average molecular weight is 430 g/mol. The zero-order valence-corrected chi connectivity index (χ0v) is 15.9. The summed E-state index contributed by atoms with van der Waals surface area (Å²) >= 11 is 0. The van der Waals surface area contributed by atoms with Gasteiger partial charge in [0.2, 0.25) is 0 Å². The molecule has 0 amide bonds. The van der Waals surface area contributed by atoms with Crippen molar-refractivity contribution in [3.63, 3.8) is 0 Å². The second kappa shape index (κ2) is 9.10. The van der Waals surface area contributed by atoms with Gasteiger partial charge in [0.15, 0.2) is 18.9 Å². The minimum Gasteiger partial charge on any atom is -0.394 e. The Kier molecular flexibility index (Phi) is 6.67. The molecule has 4 rings (SSSR count). The highest BCUT2D eigenvalue weighted by molar-refractivity contribution is 5.16. The zero-order valence-electron chi connectivity index (χ0n) is 15.9. The van der Waals surface area contributed by atoms with Gasteiger partial charge in [0.05, 0.1) is 13.2 Å². The third-order valence-corrected chi connectivity index (χ3v) is 5.52. The summed E-state index contributed by atoms with van der Waals surface area (Å²) in [6.07, 6.45) is -14.4. The average Bonchev–Trinajstić information content (AvgIpc) is 2.78. The molecule has 0 aliphatic carbocycles. The van der Waals surface area contributed by atoms with Crippen molar-refractivity contribution in [2.24, 2.45) is 0 Å². The van der Waals surface area contributed by atoms with E-state index in [4.69, 9.17) is 23.7 Å². The number of hydrogen-bond acceptors (Lipinski definition) is 11. The Bertz CT molecular complexity index is 686. The molecule has 6 N–H and O–H groups in total. The normalized spacial score (nSPS) is 46.9. The van der Waals surface area contributed by atoms with E-state index >= 15 is 0 Å². The fraction of sp³-hybridized carbons (Fsp3) is 0.684. The molecule has 11 heteroatoms. The molecule has 0 bridgehead atoms. The lowest BCUT2D eigenvalue weighted by Crippen LogP contribution is -2.65. The Hall–Kier alpha value is -1.22. The summed E-state index contributed by atoms with van der Waals surface area (Å²) in [6.45, 7) is -0.586. The highest BCUT2D eigenvalue weighted by Crippen LogP contribution is 2.35. The van der Waals surface area contributed by atoms with Crippen molar-refractivity contribution >= 4 is 0 Å². The third kappa shape index (κ3) is 4.11. The maximum Gasteiger partial charge on any atom is 0.189 e. The monoisotopic (exact) mass is 430 g/mol. The first-order valence-electron chi connectivity index (χ1n) is 9.70. The Morgan fingerprint density at radius 1 is 0.800 bits per heavy atom. The van der Waals surface area contributed by atoms with Crippen LogP contribution in [0.4, 0.5) is 0 Å². The standard InChI is InChI=1S/C19H26O11/c20-6-9-11(21)12(22)14(24)18(27-9)30-19-15(25)13(23)16-10(28-19)7-26-17(29-16)8-4-2-1-3-5-8/h1-5,9-25H,6-7H2/t9-,10-,11-,12+,13-,14-,15-,16+,17?,18+,19+/m1/s1. The Balaban J connectivity index is 1.42. The summed E-state index contributed by atoms with van der Waals surface area (Å²) < 4.78 is 27.8. The number of hydrogen-bond donors (Lipinski definition) is 6. The molecule has 1 unspecified atom stereocenters. The van der Waals surface area contributed by atoms with Crippen molar-refractivity contribution in [1.29, 1.82) is 0 Å². The van der Waals surface area contributed by atoms with Crippen molar-refractivity contribution in [2.75, 3.05) is 13.2 Å². The van der Waals surface area contributed by atoms with E-state index in [1.54, 1.807) is 0 Å². The topological polar surface area (TPSA) is 168 Å². The van der Waals surface area contributed by atoms with Crippen molar-refractivity contribution < 1.29 is 54.3 Å². The molecule has 1 aromatic carbocycles. The minimum atomic E-state index is -1.67. The van der Waals surface area contributed by atoms with Gasteiger partial charge < -0.3 is 54.3 Å². The van der Waals surface area contributed by atoms with Gasteiger partial charge in [-0.2, -0.15) is 0 Å². The van der Waals surface area contributed by atoms with Crippen LogP contribution in [0.2, 0.25) is 0 Å². The Labute approximate surface area is 171 Å². The highest BCUT2D eigenvalue weighted by Gasteiger charge is 2.52. The van der Waals surface area contributed by atoms with Gasteiger partial charge in [-0.1, -0.05) is 30.3 Å². The molecular formula is C19H26O11. The fourth-order valence-electron chi connectivity index (χ4n) is 3.78. The van der Waals surface area contributed by atoms with Crippen molar-refractivity contribution in [3.05, 3.63) is 35.9 Å². The lowest BCUT2D eigenvalue weighted by molar-refractivity contribution is -0.399. The van der Waals surface area contributed by atoms with E-state index in [1.807, 2.05) is 30.3 Å². The van der Waals surface area contributed by atoms with Gasteiger partial charge in [0.1, 0.15) is 48.8 Å². The second-order valence-electron chi connectivity index (χ2n) is 7.53. The van der Waals surface area contributed by atoms with Crippen LogP contribution in [0.15, 0.2) is 30.3 Å². The molecule has 0 saturated carbocycles. The molecule has 11 nitrogen and oxygen atoms in total. The predicted octanol–water partition coefficient (Wildman–Crippen LogP) is -2.64. The van der Waals surface area contributed by atoms with Gasteiger partial charge in [-0.3, -0.25) is 0 Å². The molecule has 0 aromatic heterocycles. The molecule has 0 spiro atoms. The van der Waals surface area contributed by atoms with E-state index in [-0.39, 0.29) is 6.61 Å². The summed E-state index contributed by atoms with van der Waals surface area (Å²) in [7, 11) is 0. The van der Waals surface area contributed by atoms with E-state index in [0.29, 0.717) is 0 Å². The van der Waals surface area contributed by atoms with E-state index in [0.717, 1.165) is 5.56 Å². The number of aliphatic hydroxyl groups excluding tert-OH is 6. The van der Waals surface area contributed by atoms with E-state index in [2.05, 4.69) is 0 Å².